The summed E-state index contributed by atoms with van der Waals surface area (Å²) in [5, 5.41) is 0. The average molecular weight is 232 g/mol. The van der Waals surface area contributed by atoms with E-state index in [0.717, 1.165) is 5.56 Å². The maximum atomic E-state index is 13.5. The molecule has 84 valence electrons. The van der Waals surface area contributed by atoms with Crippen LogP contribution < -0.4 is 0 Å². The largest absolute Gasteiger partial charge is 0.304 e. The summed E-state index contributed by atoms with van der Waals surface area (Å²) in [5.41, 5.74) is -1.08. The normalized spacial score (nSPS) is 13.8. The molecule has 1 atom stereocenters. The van der Waals surface area contributed by atoms with E-state index in [1.807, 2.05) is 6.92 Å². The fourth-order valence-corrected chi connectivity index (χ4v) is 2.05. The number of aryl methyl sites for hydroxylation is 1. The van der Waals surface area contributed by atoms with Crippen molar-refractivity contribution in [2.24, 2.45) is 0 Å². The summed E-state index contributed by atoms with van der Waals surface area (Å²) in [6.45, 7) is 3.28. The van der Waals surface area contributed by atoms with Crippen molar-refractivity contribution in [1.82, 2.24) is 0 Å². The van der Waals surface area contributed by atoms with Crippen molar-refractivity contribution in [3.8, 4) is 0 Å². The van der Waals surface area contributed by atoms with E-state index >= 15 is 0 Å². The number of hydrogen-bond acceptors (Lipinski definition) is 3. The van der Waals surface area contributed by atoms with Crippen molar-refractivity contribution < 1.29 is 17.0 Å². The molecule has 1 rings (SSSR count). The summed E-state index contributed by atoms with van der Waals surface area (Å²) >= 11 is 0. The standard InChI is InChI=1S/C10H13FO3S/c1-3-14-15(12,13)10(11)9-6-4-8(2)5-7-9/h4-7,10H,3H2,1-2H3. The molecule has 15 heavy (non-hydrogen) atoms. The molecule has 1 aromatic carbocycles. The average Bonchev–Trinajstić information content (AvgIpc) is 2.18. The summed E-state index contributed by atoms with van der Waals surface area (Å²) in [5.74, 6) is 0. The second kappa shape index (κ2) is 4.72. The van der Waals surface area contributed by atoms with Gasteiger partial charge in [-0.2, -0.15) is 8.42 Å². The first-order valence-electron chi connectivity index (χ1n) is 4.56. The Morgan fingerprint density at radius 1 is 1.33 bits per heavy atom. The third kappa shape index (κ3) is 3.00. The van der Waals surface area contributed by atoms with Crippen LogP contribution in [-0.4, -0.2) is 15.0 Å². The van der Waals surface area contributed by atoms with Crippen LogP contribution in [0.5, 0.6) is 0 Å². The molecule has 0 saturated carbocycles. The van der Waals surface area contributed by atoms with Crippen molar-refractivity contribution in [1.29, 1.82) is 0 Å². The lowest BCUT2D eigenvalue weighted by molar-refractivity contribution is 0.300. The third-order valence-corrected chi connectivity index (χ3v) is 3.22. The van der Waals surface area contributed by atoms with E-state index in [2.05, 4.69) is 4.18 Å². The molecule has 0 aliphatic carbocycles. The predicted octanol–water partition coefficient (Wildman–Crippen LogP) is 2.33. The summed E-state index contributed by atoms with van der Waals surface area (Å²) in [4.78, 5) is 0. The zero-order chi connectivity index (χ0) is 11.5. The molecule has 0 aliphatic rings. The molecule has 0 bridgehead atoms. The summed E-state index contributed by atoms with van der Waals surface area (Å²) in [6.07, 6.45) is 0. The number of alkyl halides is 1. The SMILES string of the molecule is CCOS(=O)(=O)C(F)c1ccc(C)cc1. The van der Waals surface area contributed by atoms with E-state index in [9.17, 15) is 12.8 Å². The van der Waals surface area contributed by atoms with E-state index in [-0.39, 0.29) is 12.2 Å². The summed E-state index contributed by atoms with van der Waals surface area (Å²) in [7, 11) is -4.14. The fourth-order valence-electron chi connectivity index (χ4n) is 1.11. The Morgan fingerprint density at radius 2 is 1.87 bits per heavy atom. The second-order valence-corrected chi connectivity index (χ2v) is 4.76. The number of hydrogen-bond donors (Lipinski definition) is 0. The summed E-state index contributed by atoms with van der Waals surface area (Å²) in [6, 6.07) is 6.19. The van der Waals surface area contributed by atoms with Crippen LogP contribution in [0.2, 0.25) is 0 Å². The number of benzene rings is 1. The van der Waals surface area contributed by atoms with Crippen molar-refractivity contribution in [2.75, 3.05) is 6.61 Å². The van der Waals surface area contributed by atoms with Gasteiger partial charge in [0.05, 0.1) is 6.61 Å². The Labute approximate surface area is 89.0 Å². The highest BCUT2D eigenvalue weighted by molar-refractivity contribution is 7.86. The van der Waals surface area contributed by atoms with Gasteiger partial charge in [0.2, 0.25) is 0 Å². The molecule has 3 nitrogen and oxygen atoms in total. The van der Waals surface area contributed by atoms with Gasteiger partial charge in [0, 0.05) is 5.56 Å². The maximum Gasteiger partial charge on any atom is 0.304 e. The predicted molar refractivity (Wildman–Crippen MR) is 55.6 cm³/mol. The lowest BCUT2D eigenvalue weighted by Crippen LogP contribution is -2.12. The van der Waals surface area contributed by atoms with Gasteiger partial charge in [-0.15, -0.1) is 0 Å². The van der Waals surface area contributed by atoms with E-state index < -0.39 is 15.6 Å². The Bertz CT molecular complexity index is 411. The molecule has 0 radical (unpaired) electrons. The fraction of sp³-hybridized carbons (Fsp3) is 0.400. The van der Waals surface area contributed by atoms with Crippen LogP contribution in [0.15, 0.2) is 24.3 Å². The lowest BCUT2D eigenvalue weighted by atomic mass is 10.2. The van der Waals surface area contributed by atoms with E-state index in [0.29, 0.717) is 0 Å². The molecule has 1 aromatic rings. The van der Waals surface area contributed by atoms with Crippen LogP contribution in [-0.2, 0) is 14.3 Å². The molecule has 0 heterocycles. The van der Waals surface area contributed by atoms with Crippen molar-refractivity contribution >= 4 is 10.1 Å². The molecule has 0 spiro atoms. The molecule has 0 fully saturated rings. The van der Waals surface area contributed by atoms with Gasteiger partial charge in [-0.25, -0.2) is 4.39 Å². The first-order valence-corrected chi connectivity index (χ1v) is 6.03. The molecule has 0 N–H and O–H groups in total. The number of halogens is 1. The van der Waals surface area contributed by atoms with E-state index in [1.54, 1.807) is 12.1 Å². The Hall–Kier alpha value is -0.940. The van der Waals surface area contributed by atoms with Crippen molar-refractivity contribution in [2.45, 2.75) is 19.4 Å². The van der Waals surface area contributed by atoms with Crippen LogP contribution in [0.4, 0.5) is 4.39 Å². The third-order valence-electron chi connectivity index (χ3n) is 1.87. The molecule has 0 aromatic heterocycles. The molecule has 5 heteroatoms. The molecule has 0 aliphatic heterocycles. The minimum absolute atomic E-state index is 0.0609. The van der Waals surface area contributed by atoms with Crippen LogP contribution >= 0.6 is 0 Å². The van der Waals surface area contributed by atoms with Crippen LogP contribution in [0, 0.1) is 6.92 Å². The monoisotopic (exact) mass is 232 g/mol. The topological polar surface area (TPSA) is 43.4 Å². The zero-order valence-corrected chi connectivity index (χ0v) is 9.42. The van der Waals surface area contributed by atoms with Crippen LogP contribution in [0.25, 0.3) is 0 Å². The highest BCUT2D eigenvalue weighted by atomic mass is 32.2. The van der Waals surface area contributed by atoms with E-state index in [4.69, 9.17) is 0 Å². The molecule has 0 amide bonds. The van der Waals surface area contributed by atoms with Gasteiger partial charge in [-0.05, 0) is 13.8 Å². The number of rotatable bonds is 4. The highest BCUT2D eigenvalue weighted by Crippen LogP contribution is 2.25. The Morgan fingerprint density at radius 3 is 2.33 bits per heavy atom. The molecule has 0 saturated heterocycles. The van der Waals surface area contributed by atoms with Gasteiger partial charge in [0.1, 0.15) is 0 Å². The first-order chi connectivity index (χ1) is 6.97. The van der Waals surface area contributed by atoms with Crippen LogP contribution in [0.1, 0.15) is 23.6 Å². The van der Waals surface area contributed by atoms with E-state index in [1.165, 1.54) is 19.1 Å². The smallest absolute Gasteiger partial charge is 0.268 e. The lowest BCUT2D eigenvalue weighted by Gasteiger charge is -2.09. The van der Waals surface area contributed by atoms with Gasteiger partial charge >= 0.3 is 10.1 Å². The van der Waals surface area contributed by atoms with Gasteiger partial charge in [0.15, 0.2) is 0 Å². The maximum absolute atomic E-state index is 13.5. The zero-order valence-electron chi connectivity index (χ0n) is 8.60. The van der Waals surface area contributed by atoms with Gasteiger partial charge < -0.3 is 0 Å². The molecular formula is C10H13FO3S. The van der Waals surface area contributed by atoms with Crippen LogP contribution in [0.3, 0.4) is 0 Å². The Balaban J connectivity index is 2.94. The highest BCUT2D eigenvalue weighted by Gasteiger charge is 2.27. The quantitative estimate of drug-likeness (QED) is 0.748. The van der Waals surface area contributed by atoms with Crippen molar-refractivity contribution in [3.05, 3.63) is 35.4 Å². The second-order valence-electron chi connectivity index (χ2n) is 3.13. The van der Waals surface area contributed by atoms with Crippen molar-refractivity contribution in [3.63, 3.8) is 0 Å². The first kappa shape index (κ1) is 12.1. The van der Waals surface area contributed by atoms with Gasteiger partial charge in [0.25, 0.3) is 5.50 Å². The minimum atomic E-state index is -4.14. The minimum Gasteiger partial charge on any atom is -0.268 e. The summed E-state index contributed by atoms with van der Waals surface area (Å²) < 4.78 is 40.3. The van der Waals surface area contributed by atoms with Gasteiger partial charge in [-0.1, -0.05) is 29.8 Å². The molecule has 1 unspecified atom stereocenters. The Kier molecular flexibility index (Phi) is 3.82. The molecular weight excluding hydrogens is 219 g/mol. The van der Waals surface area contributed by atoms with Gasteiger partial charge in [-0.3, -0.25) is 4.18 Å².